The van der Waals surface area contributed by atoms with E-state index in [2.05, 4.69) is 24.2 Å². The molecule has 21 heavy (non-hydrogen) atoms. The molecule has 0 aromatic rings. The molecule has 0 radical (unpaired) electrons. The van der Waals surface area contributed by atoms with Crippen molar-refractivity contribution in [2.75, 3.05) is 13.6 Å². The van der Waals surface area contributed by atoms with Gasteiger partial charge >= 0.3 is 0 Å². The zero-order valence-electron chi connectivity index (χ0n) is 14.3. The molecule has 3 fully saturated rings. The van der Waals surface area contributed by atoms with Gasteiger partial charge in [-0.1, -0.05) is 44.9 Å². The number of hydrogen-bond acceptors (Lipinski definition) is 2. The fourth-order valence-electron chi connectivity index (χ4n) is 5.24. The normalized spacial score (nSPS) is 40.3. The zero-order valence-corrected chi connectivity index (χ0v) is 14.3. The standard InChI is InChI=1S/C19H36N2/c1-15-14-17(12-13-21(15)2)20-19-11-7-6-10-18(19)16-8-4-3-5-9-16/h15-20H,3-14H2,1-2H3. The van der Waals surface area contributed by atoms with Crippen molar-refractivity contribution >= 4 is 0 Å². The Morgan fingerprint density at radius 2 is 1.57 bits per heavy atom. The molecule has 2 saturated carbocycles. The summed E-state index contributed by atoms with van der Waals surface area (Å²) in [5.41, 5.74) is 0. The van der Waals surface area contributed by atoms with Crippen LogP contribution in [0.1, 0.15) is 77.6 Å². The average molecular weight is 293 g/mol. The fraction of sp³-hybridized carbons (Fsp3) is 1.00. The monoisotopic (exact) mass is 292 g/mol. The first-order valence-electron chi connectivity index (χ1n) is 9.70. The summed E-state index contributed by atoms with van der Waals surface area (Å²) in [6.45, 7) is 3.67. The molecule has 4 atom stereocenters. The second-order valence-corrected chi connectivity index (χ2v) is 8.17. The summed E-state index contributed by atoms with van der Waals surface area (Å²) in [5, 5.41) is 4.13. The van der Waals surface area contributed by atoms with Gasteiger partial charge in [0.15, 0.2) is 0 Å². The summed E-state index contributed by atoms with van der Waals surface area (Å²) in [6, 6.07) is 2.38. The van der Waals surface area contributed by atoms with Crippen molar-refractivity contribution in [2.45, 2.75) is 95.7 Å². The summed E-state index contributed by atoms with van der Waals surface area (Å²) >= 11 is 0. The fourth-order valence-corrected chi connectivity index (χ4v) is 5.24. The zero-order chi connectivity index (χ0) is 14.7. The first-order chi connectivity index (χ1) is 10.2. The third kappa shape index (κ3) is 4.01. The molecule has 0 bridgehead atoms. The third-order valence-electron chi connectivity index (χ3n) is 6.73. The number of nitrogens with one attached hydrogen (secondary N) is 1. The molecule has 0 spiro atoms. The van der Waals surface area contributed by atoms with Crippen LogP contribution in [-0.2, 0) is 0 Å². The van der Waals surface area contributed by atoms with E-state index in [1.54, 1.807) is 0 Å². The van der Waals surface area contributed by atoms with Gasteiger partial charge in [0.1, 0.15) is 0 Å². The maximum absolute atomic E-state index is 4.13. The Hall–Kier alpha value is -0.0800. The van der Waals surface area contributed by atoms with Crippen molar-refractivity contribution in [3.63, 3.8) is 0 Å². The summed E-state index contributed by atoms with van der Waals surface area (Å²) in [7, 11) is 2.28. The number of hydrogen-bond donors (Lipinski definition) is 1. The number of rotatable bonds is 3. The first-order valence-corrected chi connectivity index (χ1v) is 9.70. The van der Waals surface area contributed by atoms with Gasteiger partial charge in [0.2, 0.25) is 0 Å². The van der Waals surface area contributed by atoms with E-state index in [4.69, 9.17) is 0 Å². The Labute approximate surface area is 132 Å². The molecule has 0 aromatic heterocycles. The number of nitrogens with zero attached hydrogens (tertiary/aromatic N) is 1. The van der Waals surface area contributed by atoms with Gasteiger partial charge in [-0.25, -0.2) is 0 Å². The summed E-state index contributed by atoms with van der Waals surface area (Å²) < 4.78 is 0. The third-order valence-corrected chi connectivity index (χ3v) is 6.73. The summed E-state index contributed by atoms with van der Waals surface area (Å²) in [6.07, 6.45) is 16.1. The van der Waals surface area contributed by atoms with E-state index in [0.717, 1.165) is 30.0 Å². The van der Waals surface area contributed by atoms with Crippen LogP contribution in [0.25, 0.3) is 0 Å². The van der Waals surface area contributed by atoms with Crippen molar-refractivity contribution in [2.24, 2.45) is 11.8 Å². The maximum Gasteiger partial charge on any atom is 0.0101 e. The molecule has 3 rings (SSSR count). The highest BCUT2D eigenvalue weighted by atomic mass is 15.1. The highest BCUT2D eigenvalue weighted by Gasteiger charge is 2.34. The van der Waals surface area contributed by atoms with Gasteiger partial charge < -0.3 is 10.2 Å². The molecule has 1 saturated heterocycles. The van der Waals surface area contributed by atoms with Crippen molar-refractivity contribution in [1.29, 1.82) is 0 Å². The lowest BCUT2D eigenvalue weighted by molar-refractivity contribution is 0.113. The van der Waals surface area contributed by atoms with Gasteiger partial charge in [0.05, 0.1) is 0 Å². The van der Waals surface area contributed by atoms with Gasteiger partial charge in [0, 0.05) is 18.1 Å². The van der Waals surface area contributed by atoms with Crippen molar-refractivity contribution in [3.8, 4) is 0 Å². The van der Waals surface area contributed by atoms with Crippen molar-refractivity contribution in [3.05, 3.63) is 0 Å². The van der Waals surface area contributed by atoms with Crippen LogP contribution in [0.15, 0.2) is 0 Å². The molecule has 3 aliphatic rings. The van der Waals surface area contributed by atoms with Crippen LogP contribution in [-0.4, -0.2) is 36.6 Å². The Morgan fingerprint density at radius 3 is 2.33 bits per heavy atom. The van der Waals surface area contributed by atoms with Crippen LogP contribution < -0.4 is 5.32 Å². The number of likely N-dealkylation sites (tertiary alicyclic amines) is 1. The Balaban J connectivity index is 1.56. The molecule has 2 heteroatoms. The molecule has 0 amide bonds. The van der Waals surface area contributed by atoms with E-state index in [0.29, 0.717) is 0 Å². The SMILES string of the molecule is CC1CC(NC2CCCCC2C2CCCCC2)CCN1C. The van der Waals surface area contributed by atoms with Crippen LogP contribution in [0.5, 0.6) is 0 Å². The van der Waals surface area contributed by atoms with E-state index in [1.807, 2.05) is 0 Å². The molecule has 1 N–H and O–H groups in total. The average Bonchev–Trinajstić information content (AvgIpc) is 2.52. The van der Waals surface area contributed by atoms with Gasteiger partial charge in [0.25, 0.3) is 0 Å². The highest BCUT2D eigenvalue weighted by Crippen LogP contribution is 2.38. The molecule has 4 unspecified atom stereocenters. The van der Waals surface area contributed by atoms with E-state index in [-0.39, 0.29) is 0 Å². The molecular weight excluding hydrogens is 256 g/mol. The highest BCUT2D eigenvalue weighted by molar-refractivity contribution is 4.91. The smallest absolute Gasteiger partial charge is 0.0101 e. The predicted octanol–water partition coefficient (Wildman–Crippen LogP) is 4.20. The second-order valence-electron chi connectivity index (χ2n) is 8.17. The van der Waals surface area contributed by atoms with Crippen molar-refractivity contribution < 1.29 is 0 Å². The van der Waals surface area contributed by atoms with E-state index in [9.17, 15) is 0 Å². The molecule has 2 nitrogen and oxygen atoms in total. The lowest BCUT2D eigenvalue weighted by Crippen LogP contribution is -2.52. The van der Waals surface area contributed by atoms with Crippen LogP contribution >= 0.6 is 0 Å². The first kappa shape index (κ1) is 15.8. The molecule has 1 aliphatic heterocycles. The minimum Gasteiger partial charge on any atom is -0.311 e. The van der Waals surface area contributed by atoms with Gasteiger partial charge in [-0.05, 0) is 58.0 Å². The van der Waals surface area contributed by atoms with Crippen LogP contribution in [0.4, 0.5) is 0 Å². The Kier molecular flexibility index (Phi) is 5.61. The van der Waals surface area contributed by atoms with Crippen LogP contribution in [0.3, 0.4) is 0 Å². The van der Waals surface area contributed by atoms with Crippen LogP contribution in [0, 0.1) is 11.8 Å². The van der Waals surface area contributed by atoms with Gasteiger partial charge in [-0.15, -0.1) is 0 Å². The second kappa shape index (κ2) is 7.46. The summed E-state index contributed by atoms with van der Waals surface area (Å²) in [4.78, 5) is 2.53. The molecule has 2 aliphatic carbocycles. The minimum atomic E-state index is 0.757. The Morgan fingerprint density at radius 1 is 0.857 bits per heavy atom. The van der Waals surface area contributed by atoms with E-state index >= 15 is 0 Å². The molecule has 1 heterocycles. The largest absolute Gasteiger partial charge is 0.311 e. The molecule has 0 aromatic carbocycles. The van der Waals surface area contributed by atoms with E-state index in [1.165, 1.54) is 77.2 Å². The molecular formula is C19H36N2. The molecule has 122 valence electrons. The van der Waals surface area contributed by atoms with E-state index < -0.39 is 0 Å². The Bertz CT molecular complexity index is 311. The maximum atomic E-state index is 4.13. The lowest BCUT2D eigenvalue weighted by atomic mass is 9.70. The summed E-state index contributed by atoms with van der Waals surface area (Å²) in [5.74, 6) is 2.04. The number of piperidine rings is 1. The van der Waals surface area contributed by atoms with Crippen LogP contribution in [0.2, 0.25) is 0 Å². The quantitative estimate of drug-likeness (QED) is 0.839. The van der Waals surface area contributed by atoms with Gasteiger partial charge in [-0.2, -0.15) is 0 Å². The lowest BCUT2D eigenvalue weighted by Gasteiger charge is -2.43. The van der Waals surface area contributed by atoms with Gasteiger partial charge in [-0.3, -0.25) is 0 Å². The minimum absolute atomic E-state index is 0.757. The van der Waals surface area contributed by atoms with Crippen molar-refractivity contribution in [1.82, 2.24) is 10.2 Å². The topological polar surface area (TPSA) is 15.3 Å². The predicted molar refractivity (Wildman–Crippen MR) is 90.6 cm³/mol.